The third-order valence-electron chi connectivity index (χ3n) is 5.86. The predicted molar refractivity (Wildman–Crippen MR) is 116 cm³/mol. The summed E-state index contributed by atoms with van der Waals surface area (Å²) in [6, 6.07) is 22.8. The average molecular weight is 405 g/mol. The molecule has 0 spiro atoms. The lowest BCUT2D eigenvalue weighted by molar-refractivity contribution is -0.141. The fraction of sp³-hybridized carbons (Fsp3) is 0.320. The van der Waals surface area contributed by atoms with Crippen LogP contribution in [0.4, 0.5) is 0 Å². The first kappa shape index (κ1) is 20.4. The van der Waals surface area contributed by atoms with Crippen molar-refractivity contribution in [3.05, 3.63) is 77.9 Å². The van der Waals surface area contributed by atoms with Crippen LogP contribution in [-0.2, 0) is 26.5 Å². The van der Waals surface area contributed by atoms with Crippen LogP contribution in [0.15, 0.2) is 66.7 Å². The van der Waals surface area contributed by atoms with Crippen LogP contribution in [-0.4, -0.2) is 44.7 Å². The molecule has 156 valence electrons. The van der Waals surface area contributed by atoms with Crippen LogP contribution in [0.3, 0.4) is 0 Å². The van der Waals surface area contributed by atoms with Crippen LogP contribution in [0.25, 0.3) is 10.8 Å². The maximum Gasteiger partial charge on any atom is 0.319 e. The Labute approximate surface area is 177 Å². The van der Waals surface area contributed by atoms with Gasteiger partial charge in [-0.25, -0.2) is 0 Å². The van der Waals surface area contributed by atoms with Crippen molar-refractivity contribution in [2.24, 2.45) is 0 Å². The van der Waals surface area contributed by atoms with Crippen LogP contribution in [0.1, 0.15) is 17.5 Å². The normalized spacial score (nSPS) is 19.1. The van der Waals surface area contributed by atoms with E-state index >= 15 is 0 Å². The van der Waals surface area contributed by atoms with Crippen LogP contribution in [0, 0.1) is 0 Å². The summed E-state index contributed by atoms with van der Waals surface area (Å²) in [7, 11) is 3.14. The number of nitrogens with zero attached hydrogens (tertiary/aromatic N) is 1. The zero-order valence-electron chi connectivity index (χ0n) is 17.5. The predicted octanol–water partition coefficient (Wildman–Crippen LogP) is 4.14. The zero-order valence-corrected chi connectivity index (χ0v) is 17.5. The van der Waals surface area contributed by atoms with E-state index in [9.17, 15) is 4.79 Å². The van der Waals surface area contributed by atoms with Crippen molar-refractivity contribution in [3.8, 4) is 5.75 Å². The molecule has 1 heterocycles. The van der Waals surface area contributed by atoms with Crippen LogP contribution >= 0.6 is 0 Å². The summed E-state index contributed by atoms with van der Waals surface area (Å²) in [4.78, 5) is 13.7. The van der Waals surface area contributed by atoms with Crippen molar-refractivity contribution in [1.82, 2.24) is 4.90 Å². The van der Waals surface area contributed by atoms with Gasteiger partial charge in [-0.05, 0) is 46.5 Å². The Hall–Kier alpha value is -2.89. The summed E-state index contributed by atoms with van der Waals surface area (Å²) in [5.41, 5.74) is 1.75. The second kappa shape index (κ2) is 8.86. The Morgan fingerprint density at radius 2 is 1.83 bits per heavy atom. The molecular weight excluding hydrogens is 378 g/mol. The molecule has 0 amide bonds. The van der Waals surface area contributed by atoms with E-state index in [4.69, 9.17) is 14.2 Å². The minimum atomic E-state index is -0.448. The van der Waals surface area contributed by atoms with Gasteiger partial charge in [0.25, 0.3) is 0 Å². The number of hydrogen-bond acceptors (Lipinski definition) is 5. The molecule has 1 aliphatic heterocycles. The van der Waals surface area contributed by atoms with E-state index in [2.05, 4.69) is 41.3 Å². The topological polar surface area (TPSA) is 48.0 Å². The summed E-state index contributed by atoms with van der Waals surface area (Å²) >= 11 is 0. The quantitative estimate of drug-likeness (QED) is 0.553. The van der Waals surface area contributed by atoms with Crippen LogP contribution in [0.5, 0.6) is 5.75 Å². The van der Waals surface area contributed by atoms with E-state index in [1.165, 1.54) is 17.9 Å². The first-order valence-electron chi connectivity index (χ1n) is 10.2. The van der Waals surface area contributed by atoms with E-state index in [1.807, 2.05) is 30.3 Å². The minimum Gasteiger partial charge on any atom is -0.489 e. The van der Waals surface area contributed by atoms with Gasteiger partial charge >= 0.3 is 5.97 Å². The summed E-state index contributed by atoms with van der Waals surface area (Å²) < 4.78 is 16.8. The van der Waals surface area contributed by atoms with E-state index < -0.39 is 5.60 Å². The maximum absolute atomic E-state index is 11.6. The molecule has 0 aromatic heterocycles. The first-order chi connectivity index (χ1) is 14.6. The van der Waals surface area contributed by atoms with Crippen LogP contribution in [0.2, 0.25) is 0 Å². The second-order valence-electron chi connectivity index (χ2n) is 7.73. The highest BCUT2D eigenvalue weighted by molar-refractivity contribution is 5.82. The zero-order chi connectivity index (χ0) is 21.0. The molecule has 4 rings (SSSR count). The summed E-state index contributed by atoms with van der Waals surface area (Å²) in [5, 5.41) is 2.44. The molecule has 0 radical (unpaired) electrons. The number of likely N-dealkylation sites (tertiary alicyclic amines) is 1. The number of esters is 1. The van der Waals surface area contributed by atoms with Crippen LogP contribution < -0.4 is 4.74 Å². The lowest BCUT2D eigenvalue weighted by atomic mass is 9.92. The second-order valence-corrected chi connectivity index (χ2v) is 7.73. The molecule has 0 N–H and O–H groups in total. The Bertz CT molecular complexity index is 1030. The number of rotatable bonds is 7. The molecule has 1 atom stereocenters. The van der Waals surface area contributed by atoms with Crippen molar-refractivity contribution >= 4 is 16.7 Å². The lowest BCUT2D eigenvalue weighted by Gasteiger charge is -2.29. The fourth-order valence-electron chi connectivity index (χ4n) is 4.12. The van der Waals surface area contributed by atoms with E-state index in [-0.39, 0.29) is 12.5 Å². The number of ether oxygens (including phenoxy) is 3. The summed E-state index contributed by atoms with van der Waals surface area (Å²) in [6.45, 7) is 2.21. The molecule has 30 heavy (non-hydrogen) atoms. The highest BCUT2D eigenvalue weighted by atomic mass is 16.5. The number of benzene rings is 3. The van der Waals surface area contributed by atoms with E-state index in [0.29, 0.717) is 13.2 Å². The lowest BCUT2D eigenvalue weighted by Crippen LogP contribution is -2.35. The molecule has 1 fully saturated rings. The van der Waals surface area contributed by atoms with Gasteiger partial charge in [0.2, 0.25) is 0 Å². The minimum absolute atomic E-state index is 0.227. The molecule has 5 heteroatoms. The smallest absolute Gasteiger partial charge is 0.319 e. The van der Waals surface area contributed by atoms with Gasteiger partial charge < -0.3 is 14.2 Å². The molecule has 0 aliphatic carbocycles. The molecule has 1 aliphatic rings. The fourth-order valence-corrected chi connectivity index (χ4v) is 4.12. The Morgan fingerprint density at radius 3 is 2.63 bits per heavy atom. The van der Waals surface area contributed by atoms with Crippen molar-refractivity contribution in [2.45, 2.75) is 18.6 Å². The molecule has 3 aromatic rings. The van der Waals surface area contributed by atoms with Gasteiger partial charge in [0.1, 0.15) is 18.0 Å². The van der Waals surface area contributed by atoms with Gasteiger partial charge in [0.05, 0.1) is 13.7 Å². The SMILES string of the molecule is COC(=O)CN1CCC(OC)(c2cccc(OCc3ccc4ccccc4c3)c2)C1. The average Bonchev–Trinajstić information content (AvgIpc) is 3.22. The van der Waals surface area contributed by atoms with Gasteiger partial charge in [-0.3, -0.25) is 9.69 Å². The monoisotopic (exact) mass is 405 g/mol. The standard InChI is InChI=1S/C25H27NO4/c1-28-24(27)16-26-13-12-25(18-26,29-2)22-8-5-9-23(15-22)30-17-19-10-11-20-6-3-4-7-21(20)14-19/h3-11,14-15H,12-13,16-18H2,1-2H3. The summed E-state index contributed by atoms with van der Waals surface area (Å²) in [6.07, 6.45) is 0.814. The Morgan fingerprint density at radius 1 is 1.00 bits per heavy atom. The molecule has 0 bridgehead atoms. The number of methoxy groups -OCH3 is 2. The van der Waals surface area contributed by atoms with Crippen molar-refractivity contribution < 1.29 is 19.0 Å². The number of carbonyl (C=O) groups excluding carboxylic acids is 1. The largest absolute Gasteiger partial charge is 0.489 e. The number of fused-ring (bicyclic) bond motifs is 1. The molecule has 3 aromatic carbocycles. The van der Waals surface area contributed by atoms with Crippen molar-refractivity contribution in [2.75, 3.05) is 33.9 Å². The van der Waals surface area contributed by atoms with Crippen molar-refractivity contribution in [1.29, 1.82) is 0 Å². The Balaban J connectivity index is 1.46. The van der Waals surface area contributed by atoms with Gasteiger partial charge in [-0.15, -0.1) is 0 Å². The molecule has 1 saturated heterocycles. The number of carbonyl (C=O) groups is 1. The van der Waals surface area contributed by atoms with Gasteiger partial charge in [0, 0.05) is 20.2 Å². The van der Waals surface area contributed by atoms with Gasteiger partial charge in [-0.1, -0.05) is 48.5 Å². The summed E-state index contributed by atoms with van der Waals surface area (Å²) in [5.74, 6) is 0.581. The third kappa shape index (κ3) is 4.32. The molecule has 1 unspecified atom stereocenters. The third-order valence-corrected chi connectivity index (χ3v) is 5.86. The maximum atomic E-state index is 11.6. The van der Waals surface area contributed by atoms with E-state index in [0.717, 1.165) is 29.8 Å². The van der Waals surface area contributed by atoms with Crippen molar-refractivity contribution in [3.63, 3.8) is 0 Å². The highest BCUT2D eigenvalue weighted by Crippen LogP contribution is 2.36. The molecule has 0 saturated carbocycles. The number of hydrogen-bond donors (Lipinski definition) is 0. The molecular formula is C25H27NO4. The van der Waals surface area contributed by atoms with E-state index in [1.54, 1.807) is 7.11 Å². The van der Waals surface area contributed by atoms with Gasteiger partial charge in [-0.2, -0.15) is 0 Å². The van der Waals surface area contributed by atoms with Gasteiger partial charge in [0.15, 0.2) is 0 Å². The Kier molecular flexibility index (Phi) is 6.02. The first-order valence-corrected chi connectivity index (χ1v) is 10.2. The molecule has 5 nitrogen and oxygen atoms in total. The highest BCUT2D eigenvalue weighted by Gasteiger charge is 2.40.